The number of rotatable bonds is 3. The first-order valence-electron chi connectivity index (χ1n) is 7.27. The molecule has 0 amide bonds. The van der Waals surface area contributed by atoms with Gasteiger partial charge in [0.2, 0.25) is 0 Å². The molecule has 3 rings (SSSR count). The molecule has 0 bridgehead atoms. The summed E-state index contributed by atoms with van der Waals surface area (Å²) in [6.07, 6.45) is 4.73. The summed E-state index contributed by atoms with van der Waals surface area (Å²) >= 11 is 0. The van der Waals surface area contributed by atoms with E-state index in [9.17, 15) is 10.1 Å². The van der Waals surface area contributed by atoms with Crippen LogP contribution in [0.4, 0.5) is 0 Å². The zero-order valence-electron chi connectivity index (χ0n) is 12.7. The molecule has 1 aliphatic rings. The number of aromatic nitrogens is 2. The van der Waals surface area contributed by atoms with E-state index in [2.05, 4.69) is 0 Å². The Morgan fingerprint density at radius 2 is 1.95 bits per heavy atom. The summed E-state index contributed by atoms with van der Waals surface area (Å²) in [5.41, 5.74) is 2.38. The van der Waals surface area contributed by atoms with Crippen molar-refractivity contribution < 1.29 is 19.1 Å². The highest BCUT2D eigenvalue weighted by atomic mass is 16.5. The molecule has 1 N–H and O–H groups in total. The molecular formula is C16H19N2O4+. The van der Waals surface area contributed by atoms with Crippen LogP contribution in [0.1, 0.15) is 24.2 Å². The van der Waals surface area contributed by atoms with Gasteiger partial charge >= 0.3 is 0 Å². The molecule has 6 nitrogen and oxygen atoms in total. The first-order valence-corrected chi connectivity index (χ1v) is 7.27. The fraction of sp³-hybridized carbons (Fsp3) is 0.375. The molecule has 0 atom stereocenters. The van der Waals surface area contributed by atoms with Crippen LogP contribution in [0.25, 0.3) is 11.3 Å². The minimum absolute atomic E-state index is 0.412. The van der Waals surface area contributed by atoms with E-state index in [0.717, 1.165) is 22.0 Å². The molecule has 1 heterocycles. The second-order valence-electron chi connectivity index (χ2n) is 5.32. The second-order valence-corrected chi connectivity index (χ2v) is 5.32. The molecule has 1 aliphatic carbocycles. The number of benzene rings is 1. The van der Waals surface area contributed by atoms with Crippen LogP contribution in [0, 0.1) is 4.91 Å². The average molecular weight is 303 g/mol. The van der Waals surface area contributed by atoms with E-state index in [-0.39, 0.29) is 0 Å². The lowest BCUT2D eigenvalue weighted by atomic mass is 9.99. The number of methoxy groups -OCH3 is 2. The van der Waals surface area contributed by atoms with Crippen LogP contribution in [-0.4, -0.2) is 24.2 Å². The third-order valence-corrected chi connectivity index (χ3v) is 4.08. The summed E-state index contributed by atoms with van der Waals surface area (Å²) in [6, 6.07) is 5.27. The Hall–Kier alpha value is -2.50. The zero-order chi connectivity index (χ0) is 15.7. The van der Waals surface area contributed by atoms with Crippen molar-refractivity contribution in [2.45, 2.75) is 25.7 Å². The Bertz CT molecular complexity index is 767. The Balaban J connectivity index is 2.21. The van der Waals surface area contributed by atoms with Crippen molar-refractivity contribution in [2.24, 2.45) is 0 Å². The lowest BCUT2D eigenvalue weighted by molar-refractivity contribution is -0.507. The average Bonchev–Trinajstić information content (AvgIpc) is 2.57. The molecule has 0 saturated heterocycles. The van der Waals surface area contributed by atoms with Gasteiger partial charge in [-0.25, -0.2) is 0 Å². The van der Waals surface area contributed by atoms with Gasteiger partial charge in [-0.05, 0) is 31.4 Å². The molecule has 0 radical (unpaired) electrons. The minimum Gasteiger partial charge on any atom is -0.497 e. The number of hydrogen-bond donors (Lipinski definition) is 1. The number of hydrogen-bond acceptors (Lipinski definition) is 4. The van der Waals surface area contributed by atoms with E-state index in [0.29, 0.717) is 47.0 Å². The van der Waals surface area contributed by atoms with Crippen LogP contribution in [0.15, 0.2) is 24.4 Å². The highest BCUT2D eigenvalue weighted by molar-refractivity contribution is 5.68. The summed E-state index contributed by atoms with van der Waals surface area (Å²) in [4.78, 5) is 12.3. The van der Waals surface area contributed by atoms with Crippen LogP contribution >= 0.6 is 0 Å². The van der Waals surface area contributed by atoms with E-state index < -0.39 is 0 Å². The molecule has 0 spiro atoms. The molecule has 116 valence electrons. The van der Waals surface area contributed by atoms with Gasteiger partial charge in [-0.1, -0.05) is 0 Å². The molecule has 6 heteroatoms. The van der Waals surface area contributed by atoms with Crippen molar-refractivity contribution in [2.75, 3.05) is 14.2 Å². The fourth-order valence-electron chi connectivity index (χ4n) is 2.92. The molecule has 0 saturated carbocycles. The van der Waals surface area contributed by atoms with Gasteiger partial charge in [-0.2, -0.15) is 4.73 Å². The van der Waals surface area contributed by atoms with E-state index >= 15 is 0 Å². The summed E-state index contributed by atoms with van der Waals surface area (Å²) in [6.45, 7) is 0. The van der Waals surface area contributed by atoms with Gasteiger partial charge in [-0.3, -0.25) is 0 Å². The highest BCUT2D eigenvalue weighted by Gasteiger charge is 2.27. The van der Waals surface area contributed by atoms with E-state index in [4.69, 9.17) is 9.47 Å². The predicted octanol–water partition coefficient (Wildman–Crippen LogP) is 2.20. The van der Waals surface area contributed by atoms with Gasteiger partial charge in [0.25, 0.3) is 11.9 Å². The topological polar surface area (TPSA) is 66.6 Å². The lowest BCUT2D eigenvalue weighted by Crippen LogP contribution is -2.30. The summed E-state index contributed by atoms with van der Waals surface area (Å²) in [7, 11) is 3.12. The maximum absolute atomic E-state index is 12.3. The maximum Gasteiger partial charge on any atom is 0.262 e. The van der Waals surface area contributed by atoms with Crippen molar-refractivity contribution in [3.05, 3.63) is 40.7 Å². The molecule has 0 unspecified atom stereocenters. The first-order chi connectivity index (χ1) is 10.7. The number of ether oxygens (including phenoxy) is 2. The van der Waals surface area contributed by atoms with Crippen molar-refractivity contribution in [3.63, 3.8) is 0 Å². The SMILES string of the molecule is COc1ccc(-c2c[n+](=O)c3c(n2O)CCCC3)c(OC)c1. The van der Waals surface area contributed by atoms with E-state index in [1.807, 2.05) is 0 Å². The molecule has 2 aromatic rings. The van der Waals surface area contributed by atoms with Crippen LogP contribution in [0.2, 0.25) is 0 Å². The highest BCUT2D eigenvalue weighted by Crippen LogP contribution is 2.33. The first kappa shape index (κ1) is 14.4. The van der Waals surface area contributed by atoms with Crippen molar-refractivity contribution in [3.8, 4) is 22.8 Å². The Morgan fingerprint density at radius 1 is 1.18 bits per heavy atom. The quantitative estimate of drug-likeness (QED) is 0.697. The van der Waals surface area contributed by atoms with Crippen LogP contribution in [-0.2, 0) is 12.8 Å². The van der Waals surface area contributed by atoms with Gasteiger partial charge in [-0.15, -0.1) is 0 Å². The fourth-order valence-corrected chi connectivity index (χ4v) is 2.92. The van der Waals surface area contributed by atoms with Crippen molar-refractivity contribution >= 4 is 0 Å². The number of nitrogens with zero attached hydrogens (tertiary/aromatic N) is 2. The van der Waals surface area contributed by atoms with Gasteiger partial charge in [0.1, 0.15) is 17.2 Å². The van der Waals surface area contributed by atoms with Crippen LogP contribution in [0.3, 0.4) is 0 Å². The Labute approximate surface area is 128 Å². The van der Waals surface area contributed by atoms with Gasteiger partial charge in [0, 0.05) is 17.4 Å². The summed E-state index contributed by atoms with van der Waals surface area (Å²) < 4.78 is 12.5. The number of fused-ring (bicyclic) bond motifs is 1. The second kappa shape index (κ2) is 5.71. The largest absolute Gasteiger partial charge is 0.497 e. The van der Waals surface area contributed by atoms with Gasteiger partial charge in [0.15, 0.2) is 5.69 Å². The minimum atomic E-state index is 0.412. The smallest absolute Gasteiger partial charge is 0.262 e. The lowest BCUT2D eigenvalue weighted by Gasteiger charge is -2.16. The standard InChI is InChI=1S/C16H19N2O4/c1-21-11-7-8-12(16(9-11)22-2)15-10-17(19)13-5-3-4-6-14(13)18(15)20/h7-10,20H,3-6H2,1-2H3/q+1. The van der Waals surface area contributed by atoms with Crippen LogP contribution in [0.5, 0.6) is 11.5 Å². The molecule has 22 heavy (non-hydrogen) atoms. The van der Waals surface area contributed by atoms with E-state index in [1.165, 1.54) is 6.20 Å². The molecular weight excluding hydrogens is 284 g/mol. The zero-order valence-corrected chi connectivity index (χ0v) is 12.7. The van der Waals surface area contributed by atoms with Gasteiger partial charge < -0.3 is 14.7 Å². The van der Waals surface area contributed by atoms with Gasteiger partial charge in [0.05, 0.1) is 24.2 Å². The molecule has 0 fully saturated rings. The Morgan fingerprint density at radius 3 is 2.68 bits per heavy atom. The summed E-state index contributed by atoms with van der Waals surface area (Å²) in [5.74, 6) is 1.19. The molecule has 1 aromatic heterocycles. The third kappa shape index (κ3) is 2.30. The van der Waals surface area contributed by atoms with Crippen molar-refractivity contribution in [1.29, 1.82) is 0 Å². The van der Waals surface area contributed by atoms with Crippen LogP contribution < -0.4 is 13.9 Å². The molecule has 0 aliphatic heterocycles. The molecule has 1 aromatic carbocycles. The Kier molecular flexibility index (Phi) is 3.75. The predicted molar refractivity (Wildman–Crippen MR) is 80.2 cm³/mol. The third-order valence-electron chi connectivity index (χ3n) is 4.08. The normalized spacial score (nSPS) is 13.5. The van der Waals surface area contributed by atoms with Crippen molar-refractivity contribution in [1.82, 2.24) is 4.73 Å². The van der Waals surface area contributed by atoms with E-state index in [1.54, 1.807) is 32.4 Å². The maximum atomic E-state index is 12.3. The summed E-state index contributed by atoms with van der Waals surface area (Å²) in [5, 5.41) is 10.5. The monoisotopic (exact) mass is 303 g/mol.